The molecule has 1 aliphatic rings. The molecule has 0 aromatic carbocycles. The highest BCUT2D eigenvalue weighted by Crippen LogP contribution is 2.17. The van der Waals surface area contributed by atoms with Gasteiger partial charge >= 0.3 is 0 Å². The summed E-state index contributed by atoms with van der Waals surface area (Å²) in [6, 6.07) is 0.416. The van der Waals surface area contributed by atoms with Gasteiger partial charge < -0.3 is 4.90 Å². The molecule has 0 N–H and O–H groups in total. The molecule has 0 aliphatic carbocycles. The number of hydrogen-bond acceptors (Lipinski definition) is 1. The molecule has 11 heavy (non-hydrogen) atoms. The zero-order chi connectivity index (χ0) is 8.10. The first-order chi connectivity index (χ1) is 5.38. The van der Waals surface area contributed by atoms with Gasteiger partial charge in [0.05, 0.1) is 0 Å². The van der Waals surface area contributed by atoms with E-state index in [9.17, 15) is 4.79 Å². The first-order valence-corrected chi connectivity index (χ1v) is 4.69. The van der Waals surface area contributed by atoms with E-state index in [1.165, 1.54) is 6.42 Å². The van der Waals surface area contributed by atoms with Crippen molar-refractivity contribution in [3.8, 4) is 0 Å². The van der Waals surface area contributed by atoms with Crippen molar-refractivity contribution in [1.82, 2.24) is 4.90 Å². The smallest absolute Gasteiger partial charge is 0.209 e. The molecular weight excluding hydrogens is 162 g/mol. The maximum atomic E-state index is 10.5. The van der Waals surface area contributed by atoms with Gasteiger partial charge in [0, 0.05) is 18.5 Å². The highest BCUT2D eigenvalue weighted by Gasteiger charge is 2.19. The zero-order valence-corrected chi connectivity index (χ0v) is 7.39. The van der Waals surface area contributed by atoms with Crippen molar-refractivity contribution in [3.63, 3.8) is 0 Å². The lowest BCUT2D eigenvalue weighted by atomic mass is 10.0. The van der Waals surface area contributed by atoms with Gasteiger partial charge in [0.15, 0.2) is 0 Å². The molecule has 1 amide bonds. The Labute approximate surface area is 72.5 Å². The number of nitrogens with zero attached hydrogens (tertiary/aromatic N) is 1. The van der Waals surface area contributed by atoms with Gasteiger partial charge in [-0.15, -0.1) is 11.6 Å². The van der Waals surface area contributed by atoms with E-state index in [-0.39, 0.29) is 0 Å². The second kappa shape index (κ2) is 4.60. The van der Waals surface area contributed by atoms with Crippen molar-refractivity contribution in [3.05, 3.63) is 0 Å². The fraction of sp³-hybridized carbons (Fsp3) is 0.875. The zero-order valence-electron chi connectivity index (χ0n) is 6.63. The van der Waals surface area contributed by atoms with Crippen LogP contribution in [0.2, 0.25) is 0 Å². The number of piperidine rings is 1. The monoisotopic (exact) mass is 175 g/mol. The van der Waals surface area contributed by atoms with E-state index >= 15 is 0 Å². The summed E-state index contributed by atoms with van der Waals surface area (Å²) in [5.41, 5.74) is 0. The van der Waals surface area contributed by atoms with Crippen LogP contribution >= 0.6 is 11.6 Å². The Hall–Kier alpha value is -0.240. The Morgan fingerprint density at radius 3 is 3.00 bits per heavy atom. The van der Waals surface area contributed by atoms with E-state index < -0.39 is 0 Å². The number of hydrogen-bond donors (Lipinski definition) is 0. The van der Waals surface area contributed by atoms with Crippen molar-refractivity contribution in [2.24, 2.45) is 0 Å². The number of alkyl halides is 1. The van der Waals surface area contributed by atoms with Crippen molar-refractivity contribution < 1.29 is 4.79 Å². The number of rotatable bonds is 3. The maximum absolute atomic E-state index is 10.5. The van der Waals surface area contributed by atoms with Crippen LogP contribution in [-0.4, -0.2) is 29.8 Å². The van der Waals surface area contributed by atoms with E-state index in [1.807, 2.05) is 4.90 Å². The lowest BCUT2D eigenvalue weighted by Gasteiger charge is -2.32. The average Bonchev–Trinajstić information content (AvgIpc) is 2.06. The van der Waals surface area contributed by atoms with Crippen LogP contribution in [0, 0.1) is 0 Å². The second-order valence-corrected chi connectivity index (χ2v) is 3.35. The van der Waals surface area contributed by atoms with Crippen LogP contribution in [0.15, 0.2) is 0 Å². The minimum absolute atomic E-state index is 0.416. The highest BCUT2D eigenvalue weighted by atomic mass is 35.5. The van der Waals surface area contributed by atoms with Gasteiger partial charge in [0.2, 0.25) is 6.41 Å². The number of likely N-dealkylation sites (tertiary alicyclic amines) is 1. The normalized spacial score (nSPS) is 25.2. The fourth-order valence-electron chi connectivity index (χ4n) is 1.60. The number of carbonyl (C=O) groups excluding carboxylic acids is 1. The van der Waals surface area contributed by atoms with Crippen LogP contribution < -0.4 is 0 Å². The molecule has 0 saturated carbocycles. The quantitative estimate of drug-likeness (QED) is 0.472. The third-order valence-electron chi connectivity index (χ3n) is 2.25. The van der Waals surface area contributed by atoms with E-state index in [0.717, 1.165) is 32.2 Å². The fourth-order valence-corrected chi connectivity index (χ4v) is 1.85. The molecule has 1 heterocycles. The molecule has 0 aromatic heterocycles. The Morgan fingerprint density at radius 1 is 1.55 bits per heavy atom. The molecule has 1 unspecified atom stereocenters. The maximum Gasteiger partial charge on any atom is 0.209 e. The molecule has 64 valence electrons. The summed E-state index contributed by atoms with van der Waals surface area (Å²) in [7, 11) is 0. The summed E-state index contributed by atoms with van der Waals surface area (Å²) in [6.07, 6.45) is 5.42. The topological polar surface area (TPSA) is 20.3 Å². The Balaban J connectivity index is 2.37. The van der Waals surface area contributed by atoms with Gasteiger partial charge in [-0.3, -0.25) is 4.79 Å². The van der Waals surface area contributed by atoms with E-state index in [0.29, 0.717) is 11.9 Å². The molecule has 0 aromatic rings. The molecule has 0 spiro atoms. The summed E-state index contributed by atoms with van der Waals surface area (Å²) in [5.74, 6) is 0.662. The van der Waals surface area contributed by atoms with Crippen LogP contribution in [0.1, 0.15) is 25.7 Å². The molecule has 3 heteroatoms. The van der Waals surface area contributed by atoms with Crippen molar-refractivity contribution in [2.75, 3.05) is 12.4 Å². The van der Waals surface area contributed by atoms with Crippen molar-refractivity contribution >= 4 is 18.0 Å². The summed E-state index contributed by atoms with van der Waals surface area (Å²) in [4.78, 5) is 12.4. The minimum Gasteiger partial charge on any atom is -0.342 e. The third-order valence-corrected chi connectivity index (χ3v) is 2.47. The molecular formula is C8H14ClNO. The van der Waals surface area contributed by atoms with Gasteiger partial charge in [-0.2, -0.15) is 0 Å². The second-order valence-electron chi connectivity index (χ2n) is 2.97. The molecule has 0 radical (unpaired) electrons. The Bertz CT molecular complexity index is 127. The molecule has 1 fully saturated rings. The summed E-state index contributed by atoms with van der Waals surface area (Å²) < 4.78 is 0. The molecule has 0 bridgehead atoms. The molecule has 1 atom stereocenters. The largest absolute Gasteiger partial charge is 0.342 e. The van der Waals surface area contributed by atoms with Crippen LogP contribution in [0.4, 0.5) is 0 Å². The standard InChI is InChI=1S/C8H14ClNO/c9-5-4-8-3-1-2-6-10(8)7-11/h7-8H,1-6H2. The number of halogens is 1. The van der Waals surface area contributed by atoms with Crippen LogP contribution in [0.5, 0.6) is 0 Å². The molecule has 1 saturated heterocycles. The Morgan fingerprint density at radius 2 is 2.36 bits per heavy atom. The van der Waals surface area contributed by atoms with Crippen molar-refractivity contribution in [1.29, 1.82) is 0 Å². The van der Waals surface area contributed by atoms with Gasteiger partial charge in [-0.25, -0.2) is 0 Å². The average molecular weight is 176 g/mol. The first-order valence-electron chi connectivity index (χ1n) is 4.15. The van der Waals surface area contributed by atoms with Gasteiger partial charge in [-0.05, 0) is 25.7 Å². The van der Waals surface area contributed by atoms with E-state index in [1.54, 1.807) is 0 Å². The van der Waals surface area contributed by atoms with Gasteiger partial charge in [0.1, 0.15) is 0 Å². The number of carbonyl (C=O) groups is 1. The predicted octanol–water partition coefficient (Wildman–Crippen LogP) is 1.63. The SMILES string of the molecule is O=CN1CCCCC1CCCl. The number of amides is 1. The summed E-state index contributed by atoms with van der Waals surface area (Å²) in [5, 5.41) is 0. The molecule has 2 nitrogen and oxygen atoms in total. The van der Waals surface area contributed by atoms with Crippen LogP contribution in [0.3, 0.4) is 0 Å². The predicted molar refractivity (Wildman–Crippen MR) is 45.7 cm³/mol. The van der Waals surface area contributed by atoms with Crippen LogP contribution in [0.25, 0.3) is 0 Å². The highest BCUT2D eigenvalue weighted by molar-refractivity contribution is 6.17. The first kappa shape index (κ1) is 8.85. The van der Waals surface area contributed by atoms with Crippen LogP contribution in [-0.2, 0) is 4.79 Å². The van der Waals surface area contributed by atoms with Gasteiger partial charge in [0.25, 0.3) is 0 Å². The van der Waals surface area contributed by atoms with Crippen molar-refractivity contribution in [2.45, 2.75) is 31.7 Å². The van der Waals surface area contributed by atoms with E-state index in [2.05, 4.69) is 0 Å². The molecule has 1 aliphatic heterocycles. The summed E-state index contributed by atoms with van der Waals surface area (Å²) in [6.45, 7) is 0.922. The minimum atomic E-state index is 0.416. The lowest BCUT2D eigenvalue weighted by Crippen LogP contribution is -2.38. The third kappa shape index (κ3) is 2.37. The van der Waals surface area contributed by atoms with Gasteiger partial charge in [-0.1, -0.05) is 0 Å². The molecule has 1 rings (SSSR count). The Kier molecular flexibility index (Phi) is 3.70. The lowest BCUT2D eigenvalue weighted by molar-refractivity contribution is -0.121. The van der Waals surface area contributed by atoms with E-state index in [4.69, 9.17) is 11.6 Å². The summed E-state index contributed by atoms with van der Waals surface area (Å²) >= 11 is 5.61.